The van der Waals surface area contributed by atoms with Gasteiger partial charge < -0.3 is 24.1 Å². The molecule has 0 aliphatic rings. The van der Waals surface area contributed by atoms with E-state index >= 15 is 0 Å². The molecule has 9 heteroatoms. The Bertz CT molecular complexity index is 1260. The minimum Gasteiger partial charge on any atom is -0.497 e. The van der Waals surface area contributed by atoms with Gasteiger partial charge in [0.05, 0.1) is 13.7 Å². The number of methoxy groups -OCH3 is 1. The van der Waals surface area contributed by atoms with Gasteiger partial charge in [-0.25, -0.2) is 4.98 Å². The summed E-state index contributed by atoms with van der Waals surface area (Å²) < 4.78 is 21.9. The van der Waals surface area contributed by atoms with Crippen LogP contribution in [-0.2, 0) is 17.8 Å². The second-order valence-electron chi connectivity index (χ2n) is 7.86. The van der Waals surface area contributed by atoms with E-state index in [4.69, 9.17) is 18.7 Å². The lowest BCUT2D eigenvalue weighted by molar-refractivity contribution is -0.121. The van der Waals surface area contributed by atoms with E-state index in [0.29, 0.717) is 61.5 Å². The molecular weight excluding hydrogens is 460 g/mol. The summed E-state index contributed by atoms with van der Waals surface area (Å²) in [7, 11) is 1.62. The van der Waals surface area contributed by atoms with Gasteiger partial charge >= 0.3 is 0 Å². The molecule has 2 aromatic heterocycles. The Balaban J connectivity index is 1.19. The number of rotatable bonds is 12. The number of pyridine rings is 1. The van der Waals surface area contributed by atoms with Crippen LogP contribution >= 0.6 is 0 Å². The van der Waals surface area contributed by atoms with E-state index < -0.39 is 0 Å². The van der Waals surface area contributed by atoms with Gasteiger partial charge in [-0.05, 0) is 55.3 Å². The molecule has 0 bridgehead atoms. The number of carbonyl (C=O) groups is 1. The van der Waals surface area contributed by atoms with Gasteiger partial charge in [-0.3, -0.25) is 4.79 Å². The van der Waals surface area contributed by atoms with Crippen LogP contribution in [0.5, 0.6) is 23.1 Å². The summed E-state index contributed by atoms with van der Waals surface area (Å²) in [6, 6.07) is 18.5. The first kappa shape index (κ1) is 24.7. The number of nitrogens with zero attached hydrogens (tertiary/aromatic N) is 3. The molecule has 36 heavy (non-hydrogen) atoms. The fourth-order valence-electron chi connectivity index (χ4n) is 3.40. The number of nitrogens with one attached hydrogen (secondary N) is 1. The number of aromatic nitrogens is 3. The van der Waals surface area contributed by atoms with Crippen LogP contribution in [0.4, 0.5) is 0 Å². The van der Waals surface area contributed by atoms with Crippen LogP contribution in [-0.4, -0.2) is 34.7 Å². The number of ether oxygens (including phenoxy) is 3. The minimum absolute atomic E-state index is 0.0594. The monoisotopic (exact) mass is 488 g/mol. The lowest BCUT2D eigenvalue weighted by Gasteiger charge is -2.11. The molecule has 2 heterocycles. The fraction of sp³-hybridized carbons (Fsp3) is 0.259. The van der Waals surface area contributed by atoms with Crippen LogP contribution in [0, 0.1) is 0 Å². The van der Waals surface area contributed by atoms with Gasteiger partial charge in [0, 0.05) is 37.2 Å². The summed E-state index contributed by atoms with van der Waals surface area (Å²) in [4.78, 5) is 21.0. The third kappa shape index (κ3) is 6.82. The van der Waals surface area contributed by atoms with Gasteiger partial charge in [-0.2, -0.15) is 4.98 Å². The zero-order valence-corrected chi connectivity index (χ0v) is 20.3. The lowest BCUT2D eigenvalue weighted by Crippen LogP contribution is -2.22. The standard InChI is InChI=1S/C27H28N4O5/c1-3-34-22-7-4-5-8-23(22)35-25-16-11-19(18-29-25)17-28-24(32)9-6-10-26-30-27(31-36-26)20-12-14-21(33-2)15-13-20/h4-5,7-8,11-16,18H,3,6,9-10,17H2,1-2H3,(H,28,32). The number of amides is 1. The number of aryl methyl sites for hydroxylation is 1. The van der Waals surface area contributed by atoms with Crippen LogP contribution in [0.2, 0.25) is 0 Å². The van der Waals surface area contributed by atoms with Crippen molar-refractivity contribution in [2.75, 3.05) is 13.7 Å². The van der Waals surface area contributed by atoms with Gasteiger partial charge in [0.25, 0.3) is 0 Å². The van der Waals surface area contributed by atoms with E-state index in [1.165, 1.54) is 0 Å². The Morgan fingerprint density at radius 3 is 2.56 bits per heavy atom. The first-order valence-electron chi connectivity index (χ1n) is 11.7. The molecule has 9 nitrogen and oxygen atoms in total. The highest BCUT2D eigenvalue weighted by molar-refractivity contribution is 5.75. The number of para-hydroxylation sites is 2. The van der Waals surface area contributed by atoms with Crippen molar-refractivity contribution in [2.24, 2.45) is 0 Å². The predicted molar refractivity (Wildman–Crippen MR) is 133 cm³/mol. The third-order valence-electron chi connectivity index (χ3n) is 5.26. The molecule has 0 fully saturated rings. The summed E-state index contributed by atoms with van der Waals surface area (Å²) in [5, 5.41) is 6.92. The van der Waals surface area contributed by atoms with Crippen molar-refractivity contribution in [3.05, 3.63) is 78.3 Å². The maximum absolute atomic E-state index is 12.3. The van der Waals surface area contributed by atoms with Crippen LogP contribution in [0.1, 0.15) is 31.2 Å². The SMILES string of the molecule is CCOc1ccccc1Oc1ccc(CNC(=O)CCCc2nc(-c3ccc(OC)cc3)no2)cn1. The maximum Gasteiger partial charge on any atom is 0.226 e. The van der Waals surface area contributed by atoms with E-state index in [1.54, 1.807) is 19.4 Å². The van der Waals surface area contributed by atoms with Crippen molar-refractivity contribution in [1.82, 2.24) is 20.4 Å². The molecule has 1 N–H and O–H groups in total. The molecule has 0 spiro atoms. The molecule has 2 aromatic carbocycles. The second-order valence-corrected chi connectivity index (χ2v) is 7.86. The average Bonchev–Trinajstić information content (AvgIpc) is 3.38. The summed E-state index contributed by atoms with van der Waals surface area (Å²) in [5.74, 6) is 3.43. The quantitative estimate of drug-likeness (QED) is 0.298. The summed E-state index contributed by atoms with van der Waals surface area (Å²) in [5.41, 5.74) is 1.71. The number of carbonyl (C=O) groups excluding carboxylic acids is 1. The van der Waals surface area contributed by atoms with Crippen LogP contribution in [0.25, 0.3) is 11.4 Å². The molecule has 0 saturated carbocycles. The van der Waals surface area contributed by atoms with Gasteiger partial charge in [-0.1, -0.05) is 23.4 Å². The Morgan fingerprint density at radius 2 is 1.83 bits per heavy atom. The largest absolute Gasteiger partial charge is 0.497 e. The lowest BCUT2D eigenvalue weighted by atomic mass is 10.2. The van der Waals surface area contributed by atoms with Gasteiger partial charge in [0.2, 0.25) is 23.5 Å². The topological polar surface area (TPSA) is 109 Å². The molecular formula is C27H28N4O5. The summed E-state index contributed by atoms with van der Waals surface area (Å²) in [6.07, 6.45) is 3.15. The van der Waals surface area contributed by atoms with E-state index in [1.807, 2.05) is 61.5 Å². The van der Waals surface area contributed by atoms with E-state index in [2.05, 4.69) is 20.4 Å². The van der Waals surface area contributed by atoms with Gasteiger partial charge in [0.1, 0.15) is 5.75 Å². The van der Waals surface area contributed by atoms with Crippen molar-refractivity contribution >= 4 is 5.91 Å². The third-order valence-corrected chi connectivity index (χ3v) is 5.26. The summed E-state index contributed by atoms with van der Waals surface area (Å²) in [6.45, 7) is 2.85. The fourth-order valence-corrected chi connectivity index (χ4v) is 3.40. The molecule has 186 valence electrons. The van der Waals surface area contributed by atoms with Crippen LogP contribution in [0.3, 0.4) is 0 Å². The molecule has 0 aliphatic heterocycles. The van der Waals surface area contributed by atoms with E-state index in [0.717, 1.165) is 16.9 Å². The zero-order chi connectivity index (χ0) is 25.2. The molecule has 4 aromatic rings. The second kappa shape index (κ2) is 12.3. The van der Waals surface area contributed by atoms with Crippen LogP contribution in [0.15, 0.2) is 71.4 Å². The Labute approximate surface area is 209 Å². The number of benzene rings is 2. The molecule has 4 rings (SSSR count). The molecule has 0 atom stereocenters. The highest BCUT2D eigenvalue weighted by Crippen LogP contribution is 2.30. The predicted octanol–water partition coefficient (Wildman–Crippen LogP) is 4.97. The van der Waals surface area contributed by atoms with Gasteiger partial charge in [-0.15, -0.1) is 0 Å². The van der Waals surface area contributed by atoms with Crippen LogP contribution < -0.4 is 19.5 Å². The van der Waals surface area contributed by atoms with Crippen molar-refractivity contribution in [3.8, 4) is 34.5 Å². The highest BCUT2D eigenvalue weighted by Gasteiger charge is 2.10. The van der Waals surface area contributed by atoms with Crippen molar-refractivity contribution in [3.63, 3.8) is 0 Å². The normalized spacial score (nSPS) is 10.6. The smallest absolute Gasteiger partial charge is 0.226 e. The molecule has 0 radical (unpaired) electrons. The minimum atomic E-state index is -0.0594. The number of hydrogen-bond donors (Lipinski definition) is 1. The molecule has 0 unspecified atom stereocenters. The summed E-state index contributed by atoms with van der Waals surface area (Å²) >= 11 is 0. The molecule has 1 amide bonds. The average molecular weight is 489 g/mol. The first-order valence-corrected chi connectivity index (χ1v) is 11.7. The Hall–Kier alpha value is -4.40. The highest BCUT2D eigenvalue weighted by atomic mass is 16.5. The van der Waals surface area contributed by atoms with Crippen molar-refractivity contribution in [1.29, 1.82) is 0 Å². The Kier molecular flexibility index (Phi) is 8.48. The maximum atomic E-state index is 12.3. The zero-order valence-electron chi connectivity index (χ0n) is 20.3. The van der Waals surface area contributed by atoms with E-state index in [9.17, 15) is 4.79 Å². The number of hydrogen-bond acceptors (Lipinski definition) is 8. The Morgan fingerprint density at radius 1 is 1.03 bits per heavy atom. The molecule has 0 aliphatic carbocycles. The van der Waals surface area contributed by atoms with Crippen molar-refractivity contribution in [2.45, 2.75) is 32.7 Å². The first-order chi connectivity index (χ1) is 17.6. The van der Waals surface area contributed by atoms with Gasteiger partial charge in [0.15, 0.2) is 11.5 Å². The van der Waals surface area contributed by atoms with E-state index in [-0.39, 0.29) is 5.91 Å². The van der Waals surface area contributed by atoms with Crippen molar-refractivity contribution < 1.29 is 23.5 Å². The molecule has 0 saturated heterocycles.